The predicted octanol–water partition coefficient (Wildman–Crippen LogP) is 4.67. The van der Waals surface area contributed by atoms with Crippen molar-refractivity contribution in [2.24, 2.45) is 5.92 Å². The molecule has 1 saturated heterocycles. The third-order valence-corrected chi connectivity index (χ3v) is 5.22. The summed E-state index contributed by atoms with van der Waals surface area (Å²) < 4.78 is 11.1. The Morgan fingerprint density at radius 2 is 2.04 bits per heavy atom. The minimum Gasteiger partial charge on any atom is -0.489 e. The summed E-state index contributed by atoms with van der Waals surface area (Å²) in [5.74, 6) is 0.717. The van der Waals surface area contributed by atoms with Crippen LogP contribution in [0.25, 0.3) is 0 Å². The van der Waals surface area contributed by atoms with Gasteiger partial charge in [-0.05, 0) is 18.8 Å². The van der Waals surface area contributed by atoms with Crippen molar-refractivity contribution in [3.8, 4) is 5.75 Å². The molecule has 6 nitrogen and oxygen atoms in total. The highest BCUT2D eigenvalue weighted by Crippen LogP contribution is 2.45. The van der Waals surface area contributed by atoms with Crippen LogP contribution >= 0.6 is 23.2 Å². The lowest BCUT2D eigenvalue weighted by Gasteiger charge is -2.23. The van der Waals surface area contributed by atoms with E-state index in [1.54, 1.807) is 0 Å². The molecule has 1 saturated carbocycles. The van der Waals surface area contributed by atoms with E-state index in [0.29, 0.717) is 25.7 Å². The van der Waals surface area contributed by atoms with Gasteiger partial charge in [0.05, 0.1) is 29.3 Å². The van der Waals surface area contributed by atoms with Gasteiger partial charge in [-0.3, -0.25) is 10.1 Å². The fourth-order valence-electron chi connectivity index (χ4n) is 3.00. The first-order chi connectivity index (χ1) is 11.6. The van der Waals surface area contributed by atoms with Crippen LogP contribution in [0.15, 0.2) is 6.07 Å². The van der Waals surface area contributed by atoms with Gasteiger partial charge in [-0.1, -0.05) is 42.5 Å². The van der Waals surface area contributed by atoms with Crippen molar-refractivity contribution in [2.45, 2.75) is 38.2 Å². The SMILES string of the molecule is O=[N+]([O-])c1cc(Cl)c(Cl)c(OCC2CCCCC2)c1NCC1CO1. The smallest absolute Gasteiger partial charge is 0.297 e. The van der Waals surface area contributed by atoms with Gasteiger partial charge in [0, 0.05) is 12.6 Å². The van der Waals surface area contributed by atoms with E-state index in [1.165, 1.54) is 25.3 Å². The van der Waals surface area contributed by atoms with E-state index in [0.717, 1.165) is 12.8 Å². The van der Waals surface area contributed by atoms with Crippen LogP contribution in [0.2, 0.25) is 10.0 Å². The molecule has 2 fully saturated rings. The summed E-state index contributed by atoms with van der Waals surface area (Å²) >= 11 is 12.3. The first-order valence-electron chi connectivity index (χ1n) is 8.21. The van der Waals surface area contributed by atoms with Gasteiger partial charge < -0.3 is 14.8 Å². The Morgan fingerprint density at radius 1 is 1.33 bits per heavy atom. The number of halogens is 2. The maximum absolute atomic E-state index is 11.4. The second-order valence-corrected chi connectivity index (χ2v) is 7.09. The van der Waals surface area contributed by atoms with Gasteiger partial charge in [-0.2, -0.15) is 0 Å². The van der Waals surface area contributed by atoms with Gasteiger partial charge in [0.2, 0.25) is 0 Å². The molecule has 3 rings (SSSR count). The van der Waals surface area contributed by atoms with Crippen molar-refractivity contribution < 1.29 is 14.4 Å². The van der Waals surface area contributed by atoms with Crippen LogP contribution in [-0.4, -0.2) is 30.8 Å². The van der Waals surface area contributed by atoms with Crippen molar-refractivity contribution >= 4 is 34.6 Å². The number of hydrogen-bond acceptors (Lipinski definition) is 5. The number of benzene rings is 1. The average Bonchev–Trinajstić information content (AvgIpc) is 3.39. The topological polar surface area (TPSA) is 76.9 Å². The minimum atomic E-state index is -0.480. The van der Waals surface area contributed by atoms with Gasteiger partial charge in [-0.15, -0.1) is 0 Å². The van der Waals surface area contributed by atoms with E-state index in [9.17, 15) is 10.1 Å². The highest BCUT2D eigenvalue weighted by atomic mass is 35.5. The maximum atomic E-state index is 11.4. The summed E-state index contributed by atoms with van der Waals surface area (Å²) in [5, 5.41) is 14.8. The number of hydrogen-bond donors (Lipinski definition) is 1. The van der Waals surface area contributed by atoms with Gasteiger partial charge in [0.25, 0.3) is 5.69 Å². The molecule has 0 bridgehead atoms. The number of ether oxygens (including phenoxy) is 2. The summed E-state index contributed by atoms with van der Waals surface area (Å²) in [6.07, 6.45) is 5.94. The molecule has 1 N–H and O–H groups in total. The van der Waals surface area contributed by atoms with E-state index in [2.05, 4.69) is 5.32 Å². The number of nitrogens with one attached hydrogen (secondary N) is 1. The van der Waals surface area contributed by atoms with E-state index in [1.807, 2.05) is 0 Å². The van der Waals surface area contributed by atoms with Gasteiger partial charge in [0.15, 0.2) is 11.4 Å². The lowest BCUT2D eigenvalue weighted by Crippen LogP contribution is -2.17. The molecule has 1 aliphatic heterocycles. The Morgan fingerprint density at radius 3 is 2.67 bits per heavy atom. The van der Waals surface area contributed by atoms with E-state index in [-0.39, 0.29) is 33.3 Å². The van der Waals surface area contributed by atoms with Crippen LogP contribution in [0.3, 0.4) is 0 Å². The van der Waals surface area contributed by atoms with Crippen molar-refractivity contribution in [2.75, 3.05) is 25.1 Å². The zero-order chi connectivity index (χ0) is 17.1. The quantitative estimate of drug-likeness (QED) is 0.426. The molecule has 1 atom stereocenters. The molecular weight excluding hydrogens is 355 g/mol. The molecule has 0 spiro atoms. The average molecular weight is 375 g/mol. The number of epoxide rings is 1. The Hall–Kier alpha value is -1.24. The van der Waals surface area contributed by atoms with Crippen molar-refractivity contribution in [1.82, 2.24) is 0 Å². The molecule has 2 aliphatic rings. The largest absolute Gasteiger partial charge is 0.489 e. The lowest BCUT2D eigenvalue weighted by atomic mass is 9.90. The Kier molecular flexibility index (Phi) is 5.69. The molecule has 0 aromatic heterocycles. The maximum Gasteiger partial charge on any atom is 0.297 e. The van der Waals surface area contributed by atoms with Crippen LogP contribution in [0.1, 0.15) is 32.1 Å². The summed E-state index contributed by atoms with van der Waals surface area (Å²) in [6.45, 7) is 1.62. The number of anilines is 1. The van der Waals surface area contributed by atoms with Gasteiger partial charge in [-0.25, -0.2) is 0 Å². The second kappa shape index (κ2) is 7.76. The molecule has 132 valence electrons. The Labute approximate surface area is 150 Å². The fraction of sp³-hybridized carbons (Fsp3) is 0.625. The molecular formula is C16H20Cl2N2O4. The highest BCUT2D eigenvalue weighted by Gasteiger charge is 2.29. The molecule has 8 heteroatoms. The van der Waals surface area contributed by atoms with Crippen molar-refractivity contribution in [1.29, 1.82) is 0 Å². The Bertz CT molecular complexity index is 617. The Balaban J connectivity index is 1.83. The van der Waals surface area contributed by atoms with Crippen LogP contribution < -0.4 is 10.1 Å². The molecule has 0 amide bonds. The van der Waals surface area contributed by atoms with Crippen LogP contribution in [-0.2, 0) is 4.74 Å². The predicted molar refractivity (Wildman–Crippen MR) is 93.4 cm³/mol. The summed E-state index contributed by atoms with van der Waals surface area (Å²) in [5.41, 5.74) is 0.143. The normalized spacial score (nSPS) is 20.7. The monoisotopic (exact) mass is 374 g/mol. The molecule has 1 aliphatic carbocycles. The standard InChI is InChI=1S/C16H20Cl2N2O4/c17-12-6-13(20(21)22)15(19-7-11-9-23-11)16(14(12)18)24-8-10-4-2-1-3-5-10/h6,10-11,19H,1-5,7-9H2. The third kappa shape index (κ3) is 4.23. The summed E-state index contributed by atoms with van der Waals surface area (Å²) in [7, 11) is 0. The fourth-order valence-corrected chi connectivity index (χ4v) is 3.39. The number of nitrogens with zero attached hydrogens (tertiary/aromatic N) is 1. The van der Waals surface area contributed by atoms with Gasteiger partial charge >= 0.3 is 0 Å². The third-order valence-electron chi connectivity index (χ3n) is 4.45. The minimum absolute atomic E-state index is 0.0743. The second-order valence-electron chi connectivity index (χ2n) is 6.30. The number of nitro benzene ring substituents is 1. The zero-order valence-electron chi connectivity index (χ0n) is 13.2. The highest BCUT2D eigenvalue weighted by molar-refractivity contribution is 6.43. The van der Waals surface area contributed by atoms with Crippen LogP contribution in [0, 0.1) is 16.0 Å². The van der Waals surface area contributed by atoms with E-state index in [4.69, 9.17) is 32.7 Å². The lowest BCUT2D eigenvalue weighted by molar-refractivity contribution is -0.384. The molecule has 1 aromatic carbocycles. The van der Waals surface area contributed by atoms with E-state index >= 15 is 0 Å². The summed E-state index contributed by atoms with van der Waals surface area (Å²) in [4.78, 5) is 10.9. The van der Waals surface area contributed by atoms with Crippen molar-refractivity contribution in [3.05, 3.63) is 26.2 Å². The molecule has 1 aromatic rings. The van der Waals surface area contributed by atoms with Crippen molar-refractivity contribution in [3.63, 3.8) is 0 Å². The number of nitro groups is 1. The zero-order valence-corrected chi connectivity index (χ0v) is 14.7. The summed E-state index contributed by atoms with van der Waals surface area (Å²) in [6, 6.07) is 1.26. The molecule has 1 unspecified atom stereocenters. The first-order valence-corrected chi connectivity index (χ1v) is 8.96. The first kappa shape index (κ1) is 17.6. The molecule has 24 heavy (non-hydrogen) atoms. The molecule has 0 radical (unpaired) electrons. The van der Waals surface area contributed by atoms with Crippen LogP contribution in [0.5, 0.6) is 5.75 Å². The van der Waals surface area contributed by atoms with Gasteiger partial charge in [0.1, 0.15) is 5.02 Å². The van der Waals surface area contributed by atoms with E-state index < -0.39 is 4.92 Å². The van der Waals surface area contributed by atoms with Crippen LogP contribution in [0.4, 0.5) is 11.4 Å². The molecule has 1 heterocycles. The number of rotatable bonds is 7.